The highest BCUT2D eigenvalue weighted by atomic mass is 16.3. The number of hydrogen-bond acceptors (Lipinski definition) is 2. The number of carbonyl (C=O) groups excluding carboxylic acids is 1. The molecule has 0 saturated carbocycles. The van der Waals surface area contributed by atoms with E-state index in [0.29, 0.717) is 6.42 Å². The van der Waals surface area contributed by atoms with Gasteiger partial charge in [-0.2, -0.15) is 0 Å². The zero-order valence-corrected chi connectivity index (χ0v) is 11.0. The van der Waals surface area contributed by atoms with Gasteiger partial charge in [0, 0.05) is 6.42 Å². The van der Waals surface area contributed by atoms with Crippen molar-refractivity contribution in [2.24, 2.45) is 5.92 Å². The number of carbonyl (C=O) groups is 1. The van der Waals surface area contributed by atoms with Gasteiger partial charge in [0.05, 0.1) is 6.10 Å². The molecule has 0 bridgehead atoms. The van der Waals surface area contributed by atoms with Gasteiger partial charge in [-0.25, -0.2) is 0 Å². The van der Waals surface area contributed by atoms with Crippen LogP contribution in [0.5, 0.6) is 0 Å². The van der Waals surface area contributed by atoms with Crippen LogP contribution in [0.3, 0.4) is 0 Å². The molecular formula is C14H28O2. The number of aliphatic hydroxyl groups is 1. The highest BCUT2D eigenvalue weighted by molar-refractivity contribution is 5.49. The first-order valence-corrected chi connectivity index (χ1v) is 6.78. The number of hydrogen-bond donors (Lipinski definition) is 1. The van der Waals surface area contributed by atoms with E-state index < -0.39 is 6.10 Å². The van der Waals surface area contributed by atoms with E-state index in [1.54, 1.807) is 0 Å². The highest BCUT2D eigenvalue weighted by Gasteiger charge is 2.02. The van der Waals surface area contributed by atoms with Crippen LogP contribution in [0.4, 0.5) is 0 Å². The van der Waals surface area contributed by atoms with Gasteiger partial charge in [0.1, 0.15) is 6.29 Å². The van der Waals surface area contributed by atoms with Crippen molar-refractivity contribution in [3.8, 4) is 0 Å². The van der Waals surface area contributed by atoms with Crippen molar-refractivity contribution in [3.63, 3.8) is 0 Å². The zero-order valence-electron chi connectivity index (χ0n) is 11.0. The smallest absolute Gasteiger partial charge is 0.122 e. The Morgan fingerprint density at radius 1 is 0.938 bits per heavy atom. The van der Waals surface area contributed by atoms with Crippen molar-refractivity contribution < 1.29 is 9.90 Å². The van der Waals surface area contributed by atoms with Gasteiger partial charge in [-0.3, -0.25) is 0 Å². The molecule has 1 N–H and O–H groups in total. The number of aldehydes is 1. The average Bonchev–Trinajstić information content (AvgIpc) is 2.22. The van der Waals surface area contributed by atoms with Gasteiger partial charge in [-0.05, 0) is 12.3 Å². The van der Waals surface area contributed by atoms with Crippen LogP contribution in [-0.2, 0) is 4.79 Å². The maximum atomic E-state index is 10.1. The van der Waals surface area contributed by atoms with Crippen molar-refractivity contribution in [2.75, 3.05) is 0 Å². The summed E-state index contributed by atoms with van der Waals surface area (Å²) in [6, 6.07) is 0. The van der Waals surface area contributed by atoms with Crippen LogP contribution in [0.15, 0.2) is 0 Å². The second-order valence-electron chi connectivity index (χ2n) is 5.15. The normalized spacial score (nSPS) is 13.0. The van der Waals surface area contributed by atoms with Gasteiger partial charge in [0.2, 0.25) is 0 Å². The highest BCUT2D eigenvalue weighted by Crippen LogP contribution is 2.12. The SMILES string of the molecule is CC(C)CCCCCCCCC(O)CC=O. The van der Waals surface area contributed by atoms with Gasteiger partial charge in [0.25, 0.3) is 0 Å². The molecule has 0 saturated heterocycles. The molecule has 0 aromatic carbocycles. The second kappa shape index (κ2) is 11.1. The summed E-state index contributed by atoms with van der Waals surface area (Å²) >= 11 is 0. The fraction of sp³-hybridized carbons (Fsp3) is 0.929. The lowest BCUT2D eigenvalue weighted by molar-refractivity contribution is -0.109. The van der Waals surface area contributed by atoms with Crippen LogP contribution in [0, 0.1) is 5.92 Å². The standard InChI is InChI=1S/C14H28O2/c1-13(2)9-7-5-3-4-6-8-10-14(16)11-12-15/h12-14,16H,3-11H2,1-2H3. The minimum absolute atomic E-state index is 0.300. The lowest BCUT2D eigenvalue weighted by atomic mass is 10.0. The van der Waals surface area contributed by atoms with Crippen LogP contribution in [0.25, 0.3) is 0 Å². The number of rotatable bonds is 11. The van der Waals surface area contributed by atoms with Gasteiger partial charge >= 0.3 is 0 Å². The Balaban J connectivity index is 3.06. The molecule has 0 amide bonds. The van der Waals surface area contributed by atoms with Crippen LogP contribution in [0.2, 0.25) is 0 Å². The molecule has 2 heteroatoms. The van der Waals surface area contributed by atoms with E-state index in [2.05, 4.69) is 13.8 Å². The molecular weight excluding hydrogens is 200 g/mol. The third-order valence-electron chi connectivity index (χ3n) is 2.94. The van der Waals surface area contributed by atoms with Crippen molar-refractivity contribution >= 4 is 6.29 Å². The molecule has 2 nitrogen and oxygen atoms in total. The first kappa shape index (κ1) is 15.6. The Hall–Kier alpha value is -0.370. The summed E-state index contributed by atoms with van der Waals surface area (Å²) in [6.07, 6.45) is 10.4. The molecule has 96 valence electrons. The third-order valence-corrected chi connectivity index (χ3v) is 2.94. The Bertz CT molecular complexity index is 155. The molecule has 0 heterocycles. The van der Waals surface area contributed by atoms with Crippen LogP contribution in [0.1, 0.15) is 71.6 Å². The summed E-state index contributed by atoms with van der Waals surface area (Å²) in [7, 11) is 0. The van der Waals surface area contributed by atoms with Crippen molar-refractivity contribution in [2.45, 2.75) is 77.7 Å². The van der Waals surface area contributed by atoms with E-state index in [9.17, 15) is 9.90 Å². The topological polar surface area (TPSA) is 37.3 Å². The number of unbranched alkanes of at least 4 members (excludes halogenated alkanes) is 5. The van der Waals surface area contributed by atoms with Crippen LogP contribution >= 0.6 is 0 Å². The molecule has 0 aliphatic heterocycles. The van der Waals surface area contributed by atoms with E-state index in [1.807, 2.05) is 0 Å². The molecule has 0 aliphatic rings. The summed E-state index contributed by atoms with van der Waals surface area (Å²) < 4.78 is 0. The fourth-order valence-corrected chi connectivity index (χ4v) is 1.87. The quantitative estimate of drug-likeness (QED) is 0.432. The van der Waals surface area contributed by atoms with Crippen LogP contribution < -0.4 is 0 Å². The minimum Gasteiger partial charge on any atom is -0.393 e. The monoisotopic (exact) mass is 228 g/mol. The maximum Gasteiger partial charge on any atom is 0.122 e. The molecule has 0 rings (SSSR count). The van der Waals surface area contributed by atoms with Crippen LogP contribution in [-0.4, -0.2) is 17.5 Å². The Labute approximate surface area is 100 Å². The van der Waals surface area contributed by atoms with E-state index in [0.717, 1.165) is 25.0 Å². The lowest BCUT2D eigenvalue weighted by Gasteiger charge is -2.06. The zero-order chi connectivity index (χ0) is 12.2. The summed E-state index contributed by atoms with van der Waals surface area (Å²) in [5.74, 6) is 0.832. The molecule has 0 aromatic rings. The molecule has 1 unspecified atom stereocenters. The van der Waals surface area contributed by atoms with Crippen molar-refractivity contribution in [1.29, 1.82) is 0 Å². The predicted octanol–water partition coefficient (Wildman–Crippen LogP) is 3.71. The van der Waals surface area contributed by atoms with Gasteiger partial charge < -0.3 is 9.90 Å². The molecule has 16 heavy (non-hydrogen) atoms. The number of aliphatic hydroxyl groups excluding tert-OH is 1. The van der Waals surface area contributed by atoms with Crippen molar-refractivity contribution in [1.82, 2.24) is 0 Å². The first-order valence-electron chi connectivity index (χ1n) is 6.78. The third kappa shape index (κ3) is 11.7. The minimum atomic E-state index is -0.404. The Morgan fingerprint density at radius 2 is 1.44 bits per heavy atom. The van der Waals surface area contributed by atoms with E-state index >= 15 is 0 Å². The second-order valence-corrected chi connectivity index (χ2v) is 5.15. The van der Waals surface area contributed by atoms with Gasteiger partial charge in [0.15, 0.2) is 0 Å². The van der Waals surface area contributed by atoms with Gasteiger partial charge in [-0.15, -0.1) is 0 Å². The molecule has 0 fully saturated rings. The Kier molecular flexibility index (Phi) is 10.9. The molecule has 0 spiro atoms. The summed E-state index contributed by atoms with van der Waals surface area (Å²) in [5.41, 5.74) is 0. The lowest BCUT2D eigenvalue weighted by Crippen LogP contribution is -2.06. The summed E-state index contributed by atoms with van der Waals surface area (Å²) in [5, 5.41) is 9.32. The van der Waals surface area contributed by atoms with Gasteiger partial charge in [-0.1, -0.05) is 58.8 Å². The predicted molar refractivity (Wildman–Crippen MR) is 68.5 cm³/mol. The maximum absolute atomic E-state index is 10.1. The summed E-state index contributed by atoms with van der Waals surface area (Å²) in [4.78, 5) is 10.1. The van der Waals surface area contributed by atoms with E-state index in [4.69, 9.17) is 0 Å². The largest absolute Gasteiger partial charge is 0.393 e. The van der Waals surface area contributed by atoms with E-state index in [1.165, 1.54) is 38.5 Å². The molecule has 0 radical (unpaired) electrons. The average molecular weight is 228 g/mol. The molecule has 1 atom stereocenters. The molecule has 0 aliphatic carbocycles. The first-order chi connectivity index (χ1) is 7.66. The molecule has 0 aromatic heterocycles. The summed E-state index contributed by atoms with van der Waals surface area (Å²) in [6.45, 7) is 4.54. The van der Waals surface area contributed by atoms with E-state index in [-0.39, 0.29) is 0 Å². The Morgan fingerprint density at radius 3 is 1.94 bits per heavy atom. The fourth-order valence-electron chi connectivity index (χ4n) is 1.87. The van der Waals surface area contributed by atoms with Crippen molar-refractivity contribution in [3.05, 3.63) is 0 Å².